The zero-order valence-corrected chi connectivity index (χ0v) is 21.9. The van der Waals surface area contributed by atoms with Gasteiger partial charge in [0, 0.05) is 37.8 Å². The van der Waals surface area contributed by atoms with E-state index < -0.39 is 5.82 Å². The highest BCUT2D eigenvalue weighted by molar-refractivity contribution is 5.98. The number of nitrogens with two attached hydrogens (primary N) is 1. The molecule has 0 radical (unpaired) electrons. The average Bonchev–Trinajstić information content (AvgIpc) is 3.56. The number of aromatic nitrogens is 5. The first-order chi connectivity index (χ1) is 19.0. The maximum Gasteiger partial charge on any atom is 0.230 e. The van der Waals surface area contributed by atoms with E-state index in [2.05, 4.69) is 31.8 Å². The summed E-state index contributed by atoms with van der Waals surface area (Å²) in [6.45, 7) is 4.53. The minimum atomic E-state index is -0.440. The summed E-state index contributed by atoms with van der Waals surface area (Å²) in [6, 6.07) is 13.2. The molecule has 7 rings (SSSR count). The molecule has 1 saturated carbocycles. The van der Waals surface area contributed by atoms with Crippen LogP contribution in [-0.4, -0.2) is 73.8 Å². The largest absolute Gasteiger partial charge is 0.436 e. The van der Waals surface area contributed by atoms with Gasteiger partial charge in [0.2, 0.25) is 5.89 Å². The van der Waals surface area contributed by atoms with Crippen LogP contribution in [0.5, 0.6) is 0 Å². The van der Waals surface area contributed by atoms with E-state index in [-0.39, 0.29) is 11.9 Å². The van der Waals surface area contributed by atoms with Gasteiger partial charge in [0.1, 0.15) is 29.2 Å². The molecule has 0 amide bonds. The van der Waals surface area contributed by atoms with Crippen molar-refractivity contribution in [2.75, 3.05) is 39.0 Å². The molecule has 10 heteroatoms. The third-order valence-electron chi connectivity index (χ3n) is 8.35. The summed E-state index contributed by atoms with van der Waals surface area (Å²) >= 11 is 0. The number of nitrogen functional groups attached to an aromatic ring is 1. The zero-order valence-electron chi connectivity index (χ0n) is 21.9. The van der Waals surface area contributed by atoms with Crippen molar-refractivity contribution in [2.45, 2.75) is 37.8 Å². The van der Waals surface area contributed by atoms with E-state index in [1.165, 1.54) is 12.4 Å². The van der Waals surface area contributed by atoms with Gasteiger partial charge >= 0.3 is 0 Å². The molecule has 0 bridgehead atoms. The SMILES string of the molecule is CN1CCN(C2CCC(n3nc(-c4ccc(-c5nc6ccccc6o5)c(F)c4)c4c(N)ncnc43)CC2)CC1. The Balaban J connectivity index is 1.19. The van der Waals surface area contributed by atoms with Gasteiger partial charge in [-0.3, -0.25) is 4.90 Å². The number of halogens is 1. The molecule has 1 saturated heterocycles. The number of hydrogen-bond donors (Lipinski definition) is 1. The molecule has 2 aromatic carbocycles. The Morgan fingerprint density at radius 2 is 1.72 bits per heavy atom. The lowest BCUT2D eigenvalue weighted by atomic mass is 9.90. The van der Waals surface area contributed by atoms with Crippen LogP contribution in [0.4, 0.5) is 10.2 Å². The second kappa shape index (κ2) is 9.69. The molecule has 0 unspecified atom stereocenters. The van der Waals surface area contributed by atoms with Crippen molar-refractivity contribution in [1.29, 1.82) is 0 Å². The van der Waals surface area contributed by atoms with Crippen molar-refractivity contribution in [3.05, 3.63) is 54.6 Å². The molecule has 2 N–H and O–H groups in total. The Hall–Kier alpha value is -3.89. The van der Waals surface area contributed by atoms with Gasteiger partial charge in [0.25, 0.3) is 0 Å². The van der Waals surface area contributed by atoms with Crippen molar-refractivity contribution in [2.24, 2.45) is 0 Å². The lowest BCUT2D eigenvalue weighted by molar-refractivity contribution is 0.0815. The number of piperazine rings is 1. The molecule has 39 heavy (non-hydrogen) atoms. The van der Waals surface area contributed by atoms with Crippen LogP contribution in [0.2, 0.25) is 0 Å². The van der Waals surface area contributed by atoms with E-state index in [0.29, 0.717) is 50.8 Å². The predicted molar refractivity (Wildman–Crippen MR) is 148 cm³/mol. The topological polar surface area (TPSA) is 102 Å². The van der Waals surface area contributed by atoms with Crippen LogP contribution in [0.1, 0.15) is 31.7 Å². The van der Waals surface area contributed by atoms with E-state index in [4.69, 9.17) is 15.2 Å². The molecular formula is C29H31FN8O. The number of benzene rings is 2. The van der Waals surface area contributed by atoms with Crippen molar-refractivity contribution < 1.29 is 8.81 Å². The molecule has 5 aromatic rings. The van der Waals surface area contributed by atoms with Gasteiger partial charge in [-0.15, -0.1) is 0 Å². The van der Waals surface area contributed by atoms with E-state index in [0.717, 1.165) is 51.9 Å². The third-order valence-corrected chi connectivity index (χ3v) is 8.35. The highest BCUT2D eigenvalue weighted by Gasteiger charge is 2.31. The molecule has 2 aliphatic rings. The number of hydrogen-bond acceptors (Lipinski definition) is 8. The normalized spacial score (nSPS) is 21.2. The van der Waals surface area contributed by atoms with Gasteiger partial charge in [-0.1, -0.05) is 18.2 Å². The highest BCUT2D eigenvalue weighted by atomic mass is 19.1. The number of likely N-dealkylation sites (N-methyl/N-ethyl adjacent to an activating group) is 1. The van der Waals surface area contributed by atoms with Crippen LogP contribution >= 0.6 is 0 Å². The fraction of sp³-hybridized carbons (Fsp3) is 0.379. The number of oxazole rings is 1. The lowest BCUT2D eigenvalue weighted by Gasteiger charge is -2.41. The summed E-state index contributed by atoms with van der Waals surface area (Å²) in [5, 5.41) is 5.64. The molecule has 0 spiro atoms. The molecule has 0 atom stereocenters. The molecule has 4 heterocycles. The van der Waals surface area contributed by atoms with Gasteiger partial charge in [-0.25, -0.2) is 24.0 Å². The minimum absolute atomic E-state index is 0.211. The first kappa shape index (κ1) is 24.2. The lowest BCUT2D eigenvalue weighted by Crippen LogP contribution is -2.49. The summed E-state index contributed by atoms with van der Waals surface area (Å²) in [5.41, 5.74) is 9.84. The van der Waals surface area contributed by atoms with Crippen LogP contribution in [0.15, 0.2) is 53.2 Å². The molecule has 9 nitrogen and oxygen atoms in total. The number of fused-ring (bicyclic) bond motifs is 2. The first-order valence-corrected chi connectivity index (χ1v) is 13.6. The van der Waals surface area contributed by atoms with Crippen molar-refractivity contribution >= 4 is 28.0 Å². The Bertz CT molecular complexity index is 1610. The summed E-state index contributed by atoms with van der Waals surface area (Å²) in [7, 11) is 2.19. The molecular weight excluding hydrogens is 495 g/mol. The second-order valence-corrected chi connectivity index (χ2v) is 10.7. The highest BCUT2D eigenvalue weighted by Crippen LogP contribution is 2.38. The number of anilines is 1. The number of nitrogens with zero attached hydrogens (tertiary/aromatic N) is 7. The number of para-hydroxylation sites is 2. The third kappa shape index (κ3) is 4.33. The molecule has 2 fully saturated rings. The summed E-state index contributed by atoms with van der Waals surface area (Å²) < 4.78 is 23.2. The maximum absolute atomic E-state index is 15.5. The molecule has 200 valence electrons. The van der Waals surface area contributed by atoms with Gasteiger partial charge in [-0.2, -0.15) is 5.10 Å². The van der Waals surface area contributed by atoms with E-state index in [1.54, 1.807) is 6.07 Å². The van der Waals surface area contributed by atoms with Crippen LogP contribution in [-0.2, 0) is 0 Å². The summed E-state index contributed by atoms with van der Waals surface area (Å²) in [5.74, 6) is 0.149. The zero-order chi connectivity index (χ0) is 26.5. The smallest absolute Gasteiger partial charge is 0.230 e. The molecule has 3 aromatic heterocycles. The quantitative estimate of drug-likeness (QED) is 0.358. The standard InChI is InChI=1S/C29H31FN8O/c1-36-12-14-37(15-13-36)19-7-9-20(10-8-19)38-28-25(27(31)32-17-33-28)26(35-38)18-6-11-21(22(30)16-18)29-34-23-4-2-3-5-24(23)39-29/h2-6,11,16-17,19-20H,7-10,12-15H2,1H3,(H2,31,32,33). The summed E-state index contributed by atoms with van der Waals surface area (Å²) in [6.07, 6.45) is 5.76. The second-order valence-electron chi connectivity index (χ2n) is 10.7. The first-order valence-electron chi connectivity index (χ1n) is 13.6. The van der Waals surface area contributed by atoms with Gasteiger partial charge < -0.3 is 15.1 Å². The van der Waals surface area contributed by atoms with Crippen LogP contribution in [0, 0.1) is 5.82 Å². The van der Waals surface area contributed by atoms with Gasteiger partial charge in [0.05, 0.1) is 17.0 Å². The fourth-order valence-corrected chi connectivity index (χ4v) is 6.13. The Morgan fingerprint density at radius 3 is 2.49 bits per heavy atom. The van der Waals surface area contributed by atoms with Crippen LogP contribution < -0.4 is 5.73 Å². The minimum Gasteiger partial charge on any atom is -0.436 e. The molecule has 1 aliphatic carbocycles. The average molecular weight is 527 g/mol. The Morgan fingerprint density at radius 1 is 0.949 bits per heavy atom. The van der Waals surface area contributed by atoms with Gasteiger partial charge in [0.15, 0.2) is 11.2 Å². The van der Waals surface area contributed by atoms with Crippen molar-refractivity contribution in [1.82, 2.24) is 34.5 Å². The Kier molecular flexibility index (Phi) is 6.01. The summed E-state index contributed by atoms with van der Waals surface area (Å²) in [4.78, 5) is 18.3. The van der Waals surface area contributed by atoms with Crippen molar-refractivity contribution in [3.63, 3.8) is 0 Å². The van der Waals surface area contributed by atoms with Crippen molar-refractivity contribution in [3.8, 4) is 22.7 Å². The Labute approximate surface area is 225 Å². The van der Waals surface area contributed by atoms with E-state index in [1.807, 2.05) is 35.0 Å². The molecule has 1 aliphatic heterocycles. The van der Waals surface area contributed by atoms with Crippen LogP contribution in [0.3, 0.4) is 0 Å². The monoisotopic (exact) mass is 526 g/mol. The predicted octanol–water partition coefficient (Wildman–Crippen LogP) is 4.75. The van der Waals surface area contributed by atoms with E-state index >= 15 is 4.39 Å². The van der Waals surface area contributed by atoms with E-state index in [9.17, 15) is 0 Å². The number of rotatable bonds is 4. The fourth-order valence-electron chi connectivity index (χ4n) is 6.13. The maximum atomic E-state index is 15.5. The van der Waals surface area contributed by atoms with Crippen LogP contribution in [0.25, 0.3) is 44.8 Å². The van der Waals surface area contributed by atoms with Gasteiger partial charge in [-0.05, 0) is 57.0 Å².